The van der Waals surface area contributed by atoms with Crippen LogP contribution in [-0.2, 0) is 19.2 Å². The normalized spacial score (nSPS) is 39.9. The van der Waals surface area contributed by atoms with E-state index in [0.29, 0.717) is 31.6 Å². The van der Waals surface area contributed by atoms with Crippen molar-refractivity contribution in [3.05, 3.63) is 0 Å². The second-order valence-corrected chi connectivity index (χ2v) is 8.44. The number of carbonyl (C=O) groups is 4. The summed E-state index contributed by atoms with van der Waals surface area (Å²) in [6.07, 6.45) is 3.91. The first-order chi connectivity index (χ1) is 11.3. The molecule has 24 heavy (non-hydrogen) atoms. The van der Waals surface area contributed by atoms with Crippen molar-refractivity contribution >= 4 is 46.2 Å². The van der Waals surface area contributed by atoms with E-state index in [4.69, 9.17) is 5.11 Å². The maximum absolute atomic E-state index is 11.3. The van der Waals surface area contributed by atoms with Gasteiger partial charge in [0.15, 0.2) is 0 Å². The zero-order valence-corrected chi connectivity index (χ0v) is 15.4. The van der Waals surface area contributed by atoms with E-state index in [2.05, 4.69) is 33.2 Å². The third kappa shape index (κ3) is 2.98. The Morgan fingerprint density at radius 3 is 1.58 bits per heavy atom. The number of carbonyl (C=O) groups excluding carboxylic acids is 4. The summed E-state index contributed by atoms with van der Waals surface area (Å²) in [7, 11) is 0. The first kappa shape index (κ1) is 17.8. The fourth-order valence-corrected chi connectivity index (χ4v) is 4.99. The minimum Gasteiger partial charge on any atom is -0.396 e. The molecule has 132 valence electrons. The van der Waals surface area contributed by atoms with E-state index in [1.807, 2.05) is 0 Å². The van der Waals surface area contributed by atoms with Gasteiger partial charge in [-0.05, 0) is 37.5 Å². The van der Waals surface area contributed by atoms with Crippen molar-refractivity contribution in [3.8, 4) is 0 Å². The first-order valence-electron chi connectivity index (χ1n) is 8.18. The molecule has 0 aromatic rings. The predicted octanol–water partition coefficient (Wildman–Crippen LogP) is 0.286. The molecule has 0 bridgehead atoms. The van der Waals surface area contributed by atoms with Crippen LogP contribution < -0.4 is 10.6 Å². The Bertz CT molecular complexity index is 541. The molecule has 2 aliphatic heterocycles. The molecule has 2 aliphatic carbocycles. The first-order valence-corrected chi connectivity index (χ1v) is 9.70. The number of nitrogens with one attached hydrogen (secondary N) is 2. The number of rotatable bonds is 2. The van der Waals surface area contributed by atoms with Crippen LogP contribution in [-0.4, -0.2) is 39.8 Å². The third-order valence-electron chi connectivity index (χ3n) is 5.66. The van der Waals surface area contributed by atoms with Crippen molar-refractivity contribution in [2.75, 3.05) is 11.0 Å². The lowest BCUT2D eigenvalue weighted by Gasteiger charge is -2.41. The summed E-state index contributed by atoms with van der Waals surface area (Å²) in [5.41, 5.74) is -0.725. The van der Waals surface area contributed by atoms with Crippen molar-refractivity contribution in [3.63, 3.8) is 0 Å². The van der Waals surface area contributed by atoms with Gasteiger partial charge >= 0.3 is 0 Å². The fourth-order valence-electron chi connectivity index (χ4n) is 4.37. The van der Waals surface area contributed by atoms with Crippen LogP contribution in [0, 0.1) is 22.7 Å². The number of imide groups is 2. The van der Waals surface area contributed by atoms with Crippen molar-refractivity contribution < 1.29 is 24.3 Å². The summed E-state index contributed by atoms with van der Waals surface area (Å²) in [5, 5.41) is 13.4. The quantitative estimate of drug-likeness (QED) is 0.319. The van der Waals surface area contributed by atoms with Crippen molar-refractivity contribution in [2.45, 2.75) is 38.5 Å². The lowest BCUT2D eigenvalue weighted by atomic mass is 9.61. The van der Waals surface area contributed by atoms with Crippen LogP contribution in [0.15, 0.2) is 0 Å². The Morgan fingerprint density at radius 1 is 0.875 bits per heavy atom. The van der Waals surface area contributed by atoms with Gasteiger partial charge in [0.25, 0.3) is 0 Å². The molecule has 3 N–H and O–H groups in total. The molecule has 8 heteroatoms. The molecule has 4 fully saturated rings. The van der Waals surface area contributed by atoms with Crippen molar-refractivity contribution in [1.82, 2.24) is 10.6 Å². The molecular weight excluding hydrogens is 427 g/mol. The molecule has 2 saturated heterocycles. The van der Waals surface area contributed by atoms with E-state index < -0.39 is 5.41 Å². The molecular formula is C16H21IN2O5. The maximum atomic E-state index is 11.3. The molecule has 4 amide bonds. The minimum absolute atomic E-state index is 0.0337. The lowest BCUT2D eigenvalue weighted by molar-refractivity contribution is -0.136. The Balaban J connectivity index is 0.000000141. The van der Waals surface area contributed by atoms with Gasteiger partial charge < -0.3 is 5.11 Å². The molecule has 7 nitrogen and oxygen atoms in total. The highest BCUT2D eigenvalue weighted by Gasteiger charge is 2.55. The maximum Gasteiger partial charge on any atom is 0.233 e. The van der Waals surface area contributed by atoms with Crippen molar-refractivity contribution in [2.24, 2.45) is 22.7 Å². The molecule has 0 atom stereocenters. The van der Waals surface area contributed by atoms with E-state index in [-0.39, 0.29) is 41.6 Å². The molecule has 2 heterocycles. The van der Waals surface area contributed by atoms with Gasteiger partial charge in [-0.1, -0.05) is 22.6 Å². The van der Waals surface area contributed by atoms with Crippen LogP contribution >= 0.6 is 22.6 Å². The molecule has 2 saturated carbocycles. The van der Waals surface area contributed by atoms with E-state index in [1.165, 1.54) is 0 Å². The average Bonchev–Trinajstić information content (AvgIpc) is 2.91. The standard InChI is InChI=1S/C8H10INO2.C8H11NO3/c9-4-5-1-8(2-5)3-6(11)10-7(8)12;10-4-5-1-8(2-5)3-6(11)9-7(8)12/h5H,1-4H2,(H,10,11,12);5,10H,1-4H2,(H,9,11,12). The van der Waals surface area contributed by atoms with Crippen LogP contribution in [0.25, 0.3) is 0 Å². The lowest BCUT2D eigenvalue weighted by Crippen LogP contribution is -2.44. The third-order valence-corrected chi connectivity index (χ3v) is 6.91. The van der Waals surface area contributed by atoms with Crippen LogP contribution in [0.4, 0.5) is 0 Å². The number of halogens is 1. The Labute approximate surface area is 153 Å². The van der Waals surface area contributed by atoms with E-state index >= 15 is 0 Å². The Hall–Kier alpha value is -1.03. The molecule has 0 unspecified atom stereocenters. The summed E-state index contributed by atoms with van der Waals surface area (Å²) < 4.78 is 1.10. The number of aliphatic hydroxyl groups excluding tert-OH is 1. The molecule has 0 aromatic heterocycles. The smallest absolute Gasteiger partial charge is 0.233 e. The largest absolute Gasteiger partial charge is 0.396 e. The van der Waals surface area contributed by atoms with Gasteiger partial charge in [0, 0.05) is 23.9 Å². The van der Waals surface area contributed by atoms with E-state index in [9.17, 15) is 19.2 Å². The van der Waals surface area contributed by atoms with Gasteiger partial charge in [0.05, 0.1) is 10.8 Å². The zero-order chi connectivity index (χ0) is 17.5. The Morgan fingerprint density at radius 2 is 1.29 bits per heavy atom. The number of hydrogen-bond donors (Lipinski definition) is 3. The topological polar surface area (TPSA) is 113 Å². The van der Waals surface area contributed by atoms with Gasteiger partial charge in [0.1, 0.15) is 0 Å². The van der Waals surface area contributed by atoms with Crippen LogP contribution in [0.1, 0.15) is 38.5 Å². The number of aliphatic hydroxyl groups is 1. The Kier molecular flexibility index (Phi) is 4.71. The van der Waals surface area contributed by atoms with E-state index in [1.54, 1.807) is 0 Å². The molecule has 0 aromatic carbocycles. The molecule has 4 rings (SSSR count). The highest BCUT2D eigenvalue weighted by molar-refractivity contribution is 14.1. The van der Waals surface area contributed by atoms with E-state index in [0.717, 1.165) is 17.3 Å². The van der Waals surface area contributed by atoms with Gasteiger partial charge in [-0.2, -0.15) is 0 Å². The highest BCUT2D eigenvalue weighted by atomic mass is 127. The predicted molar refractivity (Wildman–Crippen MR) is 91.8 cm³/mol. The van der Waals surface area contributed by atoms with Crippen LogP contribution in [0.3, 0.4) is 0 Å². The number of alkyl halides is 1. The highest BCUT2D eigenvalue weighted by Crippen LogP contribution is 2.51. The van der Waals surface area contributed by atoms with Crippen molar-refractivity contribution in [1.29, 1.82) is 0 Å². The van der Waals surface area contributed by atoms with Gasteiger partial charge in [0.2, 0.25) is 23.6 Å². The summed E-state index contributed by atoms with van der Waals surface area (Å²) in [5.74, 6) is 0.443. The summed E-state index contributed by atoms with van der Waals surface area (Å²) in [6.45, 7) is 0.128. The van der Waals surface area contributed by atoms with Crippen LogP contribution in [0.5, 0.6) is 0 Å². The summed E-state index contributed by atoms with van der Waals surface area (Å²) >= 11 is 2.33. The molecule has 4 aliphatic rings. The SMILES string of the molecule is O=C1CC2(CC(CI)C2)C(=O)N1.O=C1CC2(CC(CO)C2)C(=O)N1. The average molecular weight is 448 g/mol. The van der Waals surface area contributed by atoms with Gasteiger partial charge in [-0.25, -0.2) is 0 Å². The fraction of sp³-hybridized carbons (Fsp3) is 0.750. The van der Waals surface area contributed by atoms with Gasteiger partial charge in [-0.15, -0.1) is 0 Å². The second kappa shape index (κ2) is 6.36. The summed E-state index contributed by atoms with van der Waals surface area (Å²) in [4.78, 5) is 44.3. The summed E-state index contributed by atoms with van der Waals surface area (Å²) in [6, 6.07) is 0. The molecule has 2 spiro atoms. The zero-order valence-electron chi connectivity index (χ0n) is 13.3. The minimum atomic E-state index is -0.440. The van der Waals surface area contributed by atoms with Crippen LogP contribution in [0.2, 0.25) is 0 Å². The number of hydrogen-bond acceptors (Lipinski definition) is 5. The molecule has 0 radical (unpaired) electrons. The second-order valence-electron chi connectivity index (χ2n) is 7.55. The van der Waals surface area contributed by atoms with Gasteiger partial charge in [-0.3, -0.25) is 29.8 Å². The monoisotopic (exact) mass is 448 g/mol. The number of amides is 4.